The molecule has 0 atom stereocenters. The van der Waals surface area contributed by atoms with Gasteiger partial charge in [-0.05, 0) is 25.0 Å². The van der Waals surface area contributed by atoms with Crippen LogP contribution in [0, 0.1) is 0 Å². The second-order valence-electron chi connectivity index (χ2n) is 5.28. The first-order valence-electron chi connectivity index (χ1n) is 7.29. The van der Waals surface area contributed by atoms with Crippen LogP contribution < -0.4 is 5.32 Å². The van der Waals surface area contributed by atoms with E-state index in [0.717, 1.165) is 25.7 Å². The lowest BCUT2D eigenvalue weighted by Crippen LogP contribution is -2.44. The number of furan rings is 1. The second kappa shape index (κ2) is 7.83. The van der Waals surface area contributed by atoms with Crippen LogP contribution in [0.4, 0.5) is 0 Å². The third-order valence-corrected chi connectivity index (χ3v) is 3.79. The number of carbonyl (C=O) groups is 2. The molecule has 1 heterocycles. The fraction of sp³-hybridized carbons (Fsp3) is 0.600. The van der Waals surface area contributed by atoms with Crippen LogP contribution in [-0.2, 0) is 20.9 Å². The van der Waals surface area contributed by atoms with Gasteiger partial charge in [0.2, 0.25) is 5.91 Å². The van der Waals surface area contributed by atoms with E-state index in [-0.39, 0.29) is 25.0 Å². The van der Waals surface area contributed by atoms with Gasteiger partial charge in [0.25, 0.3) is 0 Å². The Morgan fingerprint density at radius 3 is 2.76 bits per heavy atom. The van der Waals surface area contributed by atoms with Gasteiger partial charge < -0.3 is 14.5 Å². The van der Waals surface area contributed by atoms with E-state index in [1.807, 2.05) is 11.0 Å². The number of ether oxygens (including phenoxy) is 1. The summed E-state index contributed by atoms with van der Waals surface area (Å²) in [5, 5.41) is 2.80. The molecule has 6 heteroatoms. The van der Waals surface area contributed by atoms with E-state index < -0.39 is 0 Å². The van der Waals surface area contributed by atoms with E-state index in [1.54, 1.807) is 12.3 Å². The van der Waals surface area contributed by atoms with Gasteiger partial charge in [0, 0.05) is 6.04 Å². The summed E-state index contributed by atoms with van der Waals surface area (Å²) in [5.74, 6) is 0.298. The monoisotopic (exact) mass is 294 g/mol. The topological polar surface area (TPSA) is 71.8 Å². The predicted molar refractivity (Wildman–Crippen MR) is 76.4 cm³/mol. The molecule has 1 aliphatic rings. The zero-order chi connectivity index (χ0) is 15.1. The number of hydrogen-bond donors (Lipinski definition) is 1. The van der Waals surface area contributed by atoms with E-state index in [0.29, 0.717) is 18.3 Å². The quantitative estimate of drug-likeness (QED) is 0.768. The number of hydrogen-bond acceptors (Lipinski definition) is 5. The van der Waals surface area contributed by atoms with Crippen molar-refractivity contribution in [2.24, 2.45) is 0 Å². The lowest BCUT2D eigenvalue weighted by Gasteiger charge is -2.26. The highest BCUT2D eigenvalue weighted by Gasteiger charge is 2.26. The van der Waals surface area contributed by atoms with E-state index in [2.05, 4.69) is 5.32 Å². The molecule has 6 nitrogen and oxygen atoms in total. The first-order chi connectivity index (χ1) is 10.2. The normalized spacial score (nSPS) is 15.3. The number of methoxy groups -OCH3 is 1. The van der Waals surface area contributed by atoms with Gasteiger partial charge in [0.1, 0.15) is 5.76 Å². The number of esters is 1. The SMILES string of the molecule is COC(=O)CN(CC(=O)NCc1ccco1)C1CCCC1. The minimum absolute atomic E-state index is 0.109. The maximum atomic E-state index is 12.0. The molecule has 0 unspecified atom stereocenters. The van der Waals surface area contributed by atoms with Crippen LogP contribution in [0.25, 0.3) is 0 Å². The van der Waals surface area contributed by atoms with Gasteiger partial charge in [-0.3, -0.25) is 14.5 Å². The van der Waals surface area contributed by atoms with Crippen molar-refractivity contribution in [3.05, 3.63) is 24.2 Å². The van der Waals surface area contributed by atoms with Crippen molar-refractivity contribution in [2.75, 3.05) is 20.2 Å². The molecule has 21 heavy (non-hydrogen) atoms. The molecular weight excluding hydrogens is 272 g/mol. The summed E-state index contributed by atoms with van der Waals surface area (Å²) in [4.78, 5) is 25.4. The Balaban J connectivity index is 1.84. The summed E-state index contributed by atoms with van der Waals surface area (Å²) in [7, 11) is 1.37. The summed E-state index contributed by atoms with van der Waals surface area (Å²) in [6.07, 6.45) is 5.93. The Morgan fingerprint density at radius 1 is 1.38 bits per heavy atom. The number of nitrogens with one attached hydrogen (secondary N) is 1. The van der Waals surface area contributed by atoms with Crippen LogP contribution in [0.1, 0.15) is 31.4 Å². The molecule has 0 aliphatic heterocycles. The molecule has 1 N–H and O–H groups in total. The summed E-state index contributed by atoms with van der Waals surface area (Å²) in [5.41, 5.74) is 0. The van der Waals surface area contributed by atoms with Crippen LogP contribution in [0.15, 0.2) is 22.8 Å². The Bertz CT molecular complexity index is 452. The maximum Gasteiger partial charge on any atom is 0.319 e. The van der Waals surface area contributed by atoms with Gasteiger partial charge in [-0.1, -0.05) is 12.8 Å². The van der Waals surface area contributed by atoms with Crippen LogP contribution in [0.2, 0.25) is 0 Å². The molecule has 0 aromatic carbocycles. The molecule has 1 aromatic rings. The van der Waals surface area contributed by atoms with E-state index in [1.165, 1.54) is 7.11 Å². The highest BCUT2D eigenvalue weighted by molar-refractivity contribution is 5.79. The molecule has 0 bridgehead atoms. The Labute approximate surface area is 124 Å². The molecule has 116 valence electrons. The highest BCUT2D eigenvalue weighted by Crippen LogP contribution is 2.23. The summed E-state index contributed by atoms with van der Waals surface area (Å²) < 4.78 is 9.88. The van der Waals surface area contributed by atoms with Crippen molar-refractivity contribution < 1.29 is 18.7 Å². The zero-order valence-corrected chi connectivity index (χ0v) is 12.3. The third kappa shape index (κ3) is 4.90. The fourth-order valence-electron chi connectivity index (χ4n) is 2.65. The highest BCUT2D eigenvalue weighted by atomic mass is 16.5. The first kappa shape index (κ1) is 15.6. The van der Waals surface area contributed by atoms with Crippen molar-refractivity contribution in [2.45, 2.75) is 38.3 Å². The van der Waals surface area contributed by atoms with Crippen molar-refractivity contribution >= 4 is 11.9 Å². The smallest absolute Gasteiger partial charge is 0.319 e. The first-order valence-corrected chi connectivity index (χ1v) is 7.29. The van der Waals surface area contributed by atoms with Gasteiger partial charge in [-0.2, -0.15) is 0 Å². The number of nitrogens with zero attached hydrogens (tertiary/aromatic N) is 1. The van der Waals surface area contributed by atoms with Crippen molar-refractivity contribution in [3.63, 3.8) is 0 Å². The Morgan fingerprint density at radius 2 is 2.14 bits per heavy atom. The van der Waals surface area contributed by atoms with Crippen molar-refractivity contribution in [1.29, 1.82) is 0 Å². The van der Waals surface area contributed by atoms with Crippen molar-refractivity contribution in [3.8, 4) is 0 Å². The maximum absolute atomic E-state index is 12.0. The van der Waals surface area contributed by atoms with E-state index in [9.17, 15) is 9.59 Å². The largest absolute Gasteiger partial charge is 0.468 e. The third-order valence-electron chi connectivity index (χ3n) is 3.79. The van der Waals surface area contributed by atoms with Gasteiger partial charge in [0.15, 0.2) is 0 Å². The van der Waals surface area contributed by atoms with Crippen molar-refractivity contribution in [1.82, 2.24) is 10.2 Å². The van der Waals surface area contributed by atoms with Crippen LogP contribution in [0.5, 0.6) is 0 Å². The van der Waals surface area contributed by atoms with E-state index in [4.69, 9.17) is 9.15 Å². The molecule has 1 aromatic heterocycles. The van der Waals surface area contributed by atoms with Crippen LogP contribution >= 0.6 is 0 Å². The summed E-state index contributed by atoms with van der Waals surface area (Å²) in [6, 6.07) is 3.88. The lowest BCUT2D eigenvalue weighted by atomic mass is 10.2. The number of amides is 1. The van der Waals surface area contributed by atoms with Crippen LogP contribution in [-0.4, -0.2) is 43.0 Å². The minimum atomic E-state index is -0.305. The molecular formula is C15H22N2O4. The van der Waals surface area contributed by atoms with Gasteiger partial charge in [-0.15, -0.1) is 0 Å². The lowest BCUT2D eigenvalue weighted by molar-refractivity contribution is -0.143. The average molecular weight is 294 g/mol. The summed E-state index contributed by atoms with van der Waals surface area (Å²) in [6.45, 7) is 0.735. The van der Waals surface area contributed by atoms with Gasteiger partial charge in [-0.25, -0.2) is 0 Å². The predicted octanol–water partition coefficient (Wildman–Crippen LogP) is 1.31. The second-order valence-corrected chi connectivity index (χ2v) is 5.28. The van der Waals surface area contributed by atoms with Crippen LogP contribution in [0.3, 0.4) is 0 Å². The minimum Gasteiger partial charge on any atom is -0.468 e. The molecule has 0 saturated heterocycles. The molecule has 0 spiro atoms. The Kier molecular flexibility index (Phi) is 5.80. The van der Waals surface area contributed by atoms with Gasteiger partial charge in [0.05, 0.1) is 33.0 Å². The van der Waals surface area contributed by atoms with E-state index >= 15 is 0 Å². The standard InChI is InChI=1S/C15H22N2O4/c1-20-15(19)11-17(12-5-2-3-6-12)10-14(18)16-9-13-7-4-8-21-13/h4,7-8,12H,2-3,5-6,9-11H2,1H3,(H,16,18). The molecule has 0 radical (unpaired) electrons. The number of rotatable bonds is 7. The molecule has 2 rings (SSSR count). The number of carbonyl (C=O) groups excluding carboxylic acids is 2. The van der Waals surface area contributed by atoms with Gasteiger partial charge >= 0.3 is 5.97 Å². The molecule has 1 fully saturated rings. The molecule has 1 amide bonds. The fourth-order valence-corrected chi connectivity index (χ4v) is 2.65. The summed E-state index contributed by atoms with van der Waals surface area (Å²) >= 11 is 0. The molecule has 1 aliphatic carbocycles. The molecule has 1 saturated carbocycles. The Hall–Kier alpha value is -1.82. The zero-order valence-electron chi connectivity index (χ0n) is 12.3. The average Bonchev–Trinajstić information content (AvgIpc) is 3.17.